The second-order valence-corrected chi connectivity index (χ2v) is 8.89. The van der Waals surface area contributed by atoms with E-state index in [1.54, 1.807) is 24.4 Å². The van der Waals surface area contributed by atoms with E-state index in [9.17, 15) is 9.18 Å². The number of carbonyl (C=O) groups excluding carboxylic acids is 1. The molecule has 1 aromatic carbocycles. The summed E-state index contributed by atoms with van der Waals surface area (Å²) in [4.78, 5) is 32.0. The number of primary amides is 1. The number of amides is 1. The number of benzene rings is 1. The van der Waals surface area contributed by atoms with E-state index in [1.165, 1.54) is 24.4 Å². The molecule has 1 atom stereocenters. The summed E-state index contributed by atoms with van der Waals surface area (Å²) >= 11 is 6.31. The van der Waals surface area contributed by atoms with Crippen molar-refractivity contribution in [3.8, 4) is 33.9 Å². The van der Waals surface area contributed by atoms with Gasteiger partial charge in [-0.15, -0.1) is 0 Å². The summed E-state index contributed by atoms with van der Waals surface area (Å²) in [5, 5.41) is 0.285. The van der Waals surface area contributed by atoms with E-state index in [0.29, 0.717) is 34.8 Å². The first-order valence-electron chi connectivity index (χ1n) is 11.2. The predicted molar refractivity (Wildman–Crippen MR) is 133 cm³/mol. The molecule has 1 aliphatic heterocycles. The second kappa shape index (κ2) is 9.38. The molecule has 0 bridgehead atoms. The molecular weight excluding hydrogens is 467 g/mol. The van der Waals surface area contributed by atoms with Crippen LogP contribution in [-0.2, 0) is 0 Å². The number of hydrogen-bond donors (Lipinski definition) is 1. The molecule has 176 valence electrons. The standard InChI is InChI=1S/C26H22ClFN6O/c1-15-3-2-10-34(15)26-32-22(16-4-7-19(28)8-5-16)12-23(33-26)17-6-9-21(30-13-17)24-20(27)11-18(14-31-24)25(29)35/h4-9,11-15H,2-3,10H2,1H3,(H2,29,35)/t15-/m1/s1. The monoisotopic (exact) mass is 488 g/mol. The van der Waals surface area contributed by atoms with Crippen LogP contribution in [0.1, 0.15) is 30.1 Å². The lowest BCUT2D eigenvalue weighted by atomic mass is 10.1. The van der Waals surface area contributed by atoms with Gasteiger partial charge >= 0.3 is 0 Å². The molecule has 0 radical (unpaired) electrons. The van der Waals surface area contributed by atoms with Gasteiger partial charge in [0.1, 0.15) is 11.5 Å². The van der Waals surface area contributed by atoms with Gasteiger partial charge in [0, 0.05) is 36.1 Å². The van der Waals surface area contributed by atoms with Gasteiger partial charge in [-0.3, -0.25) is 14.8 Å². The van der Waals surface area contributed by atoms with Gasteiger partial charge in [0.15, 0.2) is 0 Å². The molecule has 1 fully saturated rings. The van der Waals surface area contributed by atoms with Crippen LogP contribution in [0.5, 0.6) is 0 Å². The lowest BCUT2D eigenvalue weighted by molar-refractivity contribution is 0.1000. The molecule has 5 rings (SSSR count). The number of rotatable bonds is 5. The Hall–Kier alpha value is -3.91. The first kappa shape index (κ1) is 22.9. The minimum Gasteiger partial charge on any atom is -0.366 e. The maximum Gasteiger partial charge on any atom is 0.250 e. The highest BCUT2D eigenvalue weighted by atomic mass is 35.5. The van der Waals surface area contributed by atoms with Gasteiger partial charge in [0.2, 0.25) is 11.9 Å². The van der Waals surface area contributed by atoms with Crippen molar-refractivity contribution in [3.05, 3.63) is 77.3 Å². The SMILES string of the molecule is C[C@@H]1CCCN1c1nc(-c2ccc(F)cc2)cc(-c2ccc(-c3ncc(C(N)=O)cc3Cl)nc2)n1. The summed E-state index contributed by atoms with van der Waals surface area (Å²) < 4.78 is 13.5. The zero-order chi connectivity index (χ0) is 24.5. The third-order valence-corrected chi connectivity index (χ3v) is 6.38. The fourth-order valence-corrected chi connectivity index (χ4v) is 4.42. The van der Waals surface area contributed by atoms with Crippen molar-refractivity contribution in [1.82, 2.24) is 19.9 Å². The van der Waals surface area contributed by atoms with Crippen molar-refractivity contribution in [3.63, 3.8) is 0 Å². The van der Waals surface area contributed by atoms with Crippen molar-refractivity contribution in [2.24, 2.45) is 5.73 Å². The third-order valence-electron chi connectivity index (χ3n) is 6.09. The predicted octanol–water partition coefficient (Wildman–Crippen LogP) is 5.15. The van der Waals surface area contributed by atoms with Crippen molar-refractivity contribution < 1.29 is 9.18 Å². The Balaban J connectivity index is 1.54. The second-order valence-electron chi connectivity index (χ2n) is 8.48. The first-order valence-corrected chi connectivity index (χ1v) is 11.6. The van der Waals surface area contributed by atoms with E-state index >= 15 is 0 Å². The molecule has 0 spiro atoms. The van der Waals surface area contributed by atoms with E-state index < -0.39 is 5.91 Å². The van der Waals surface area contributed by atoms with Gasteiger partial charge in [-0.25, -0.2) is 14.4 Å². The lowest BCUT2D eigenvalue weighted by Gasteiger charge is -2.22. The number of anilines is 1. The fraction of sp³-hybridized carbons (Fsp3) is 0.192. The Morgan fingerprint density at radius 2 is 1.71 bits per heavy atom. The van der Waals surface area contributed by atoms with Crippen molar-refractivity contribution >= 4 is 23.5 Å². The summed E-state index contributed by atoms with van der Waals surface area (Å²) in [5.74, 6) is -0.256. The van der Waals surface area contributed by atoms with Crippen LogP contribution in [0.4, 0.5) is 10.3 Å². The molecule has 9 heteroatoms. The molecule has 2 N–H and O–H groups in total. The first-order chi connectivity index (χ1) is 16.9. The van der Waals surface area contributed by atoms with Gasteiger partial charge in [0.05, 0.1) is 27.7 Å². The van der Waals surface area contributed by atoms with E-state index in [0.717, 1.165) is 30.5 Å². The number of pyridine rings is 2. The summed E-state index contributed by atoms with van der Waals surface area (Å²) in [6, 6.07) is 13.6. The van der Waals surface area contributed by atoms with Crippen LogP contribution in [0.2, 0.25) is 5.02 Å². The number of aromatic nitrogens is 4. The third kappa shape index (κ3) is 4.70. The normalized spacial score (nSPS) is 15.4. The fourth-order valence-electron chi connectivity index (χ4n) is 4.16. The van der Waals surface area contributed by atoms with Crippen LogP contribution >= 0.6 is 11.6 Å². The van der Waals surface area contributed by atoms with Gasteiger partial charge in [0.25, 0.3) is 0 Å². The number of nitrogens with zero attached hydrogens (tertiary/aromatic N) is 5. The van der Waals surface area contributed by atoms with Crippen molar-refractivity contribution in [2.45, 2.75) is 25.8 Å². The molecule has 0 aliphatic carbocycles. The molecule has 3 aromatic heterocycles. The number of hydrogen-bond acceptors (Lipinski definition) is 6. The number of nitrogens with two attached hydrogens (primary N) is 1. The van der Waals surface area contributed by atoms with Crippen LogP contribution in [0.3, 0.4) is 0 Å². The Morgan fingerprint density at radius 3 is 2.31 bits per heavy atom. The van der Waals surface area contributed by atoms with Crippen molar-refractivity contribution in [1.29, 1.82) is 0 Å². The van der Waals surface area contributed by atoms with E-state index in [2.05, 4.69) is 21.8 Å². The summed E-state index contributed by atoms with van der Waals surface area (Å²) in [6.45, 7) is 3.05. The van der Waals surface area contributed by atoms with E-state index in [4.69, 9.17) is 27.3 Å². The van der Waals surface area contributed by atoms with Crippen LogP contribution in [0.25, 0.3) is 33.9 Å². The van der Waals surface area contributed by atoms with E-state index in [1.807, 2.05) is 12.1 Å². The van der Waals surface area contributed by atoms with Crippen LogP contribution in [0, 0.1) is 5.82 Å². The van der Waals surface area contributed by atoms with Crippen LogP contribution in [-0.4, -0.2) is 38.4 Å². The highest BCUT2D eigenvalue weighted by Crippen LogP contribution is 2.31. The zero-order valence-corrected chi connectivity index (χ0v) is 19.7. The largest absolute Gasteiger partial charge is 0.366 e. The van der Waals surface area contributed by atoms with Crippen LogP contribution < -0.4 is 10.6 Å². The number of halogens is 2. The summed E-state index contributed by atoms with van der Waals surface area (Å²) in [6.07, 6.45) is 5.24. The van der Waals surface area contributed by atoms with E-state index in [-0.39, 0.29) is 16.4 Å². The maximum absolute atomic E-state index is 13.5. The molecule has 7 nitrogen and oxygen atoms in total. The summed E-state index contributed by atoms with van der Waals surface area (Å²) in [7, 11) is 0. The molecule has 1 amide bonds. The Bertz CT molecular complexity index is 1390. The molecule has 35 heavy (non-hydrogen) atoms. The minimum absolute atomic E-state index is 0.230. The van der Waals surface area contributed by atoms with Gasteiger partial charge in [-0.05, 0) is 68.3 Å². The lowest BCUT2D eigenvalue weighted by Crippen LogP contribution is -2.28. The Kier molecular flexibility index (Phi) is 6.13. The molecule has 1 aliphatic rings. The molecule has 4 heterocycles. The highest BCUT2D eigenvalue weighted by Gasteiger charge is 2.24. The molecule has 0 unspecified atom stereocenters. The number of carbonyl (C=O) groups is 1. The van der Waals surface area contributed by atoms with Gasteiger partial charge < -0.3 is 10.6 Å². The topological polar surface area (TPSA) is 97.9 Å². The van der Waals surface area contributed by atoms with Gasteiger partial charge in [-0.2, -0.15) is 0 Å². The molecule has 0 saturated carbocycles. The van der Waals surface area contributed by atoms with Gasteiger partial charge in [-0.1, -0.05) is 11.6 Å². The quantitative estimate of drug-likeness (QED) is 0.417. The highest BCUT2D eigenvalue weighted by molar-refractivity contribution is 6.33. The zero-order valence-electron chi connectivity index (χ0n) is 18.9. The average molecular weight is 489 g/mol. The van der Waals surface area contributed by atoms with Crippen molar-refractivity contribution in [2.75, 3.05) is 11.4 Å². The Labute approximate surface area is 206 Å². The van der Waals surface area contributed by atoms with Crippen LogP contribution in [0.15, 0.2) is 60.9 Å². The summed E-state index contributed by atoms with van der Waals surface area (Å²) in [5.41, 5.74) is 9.53. The minimum atomic E-state index is -0.599. The maximum atomic E-state index is 13.5. The molecule has 4 aromatic rings. The molecular formula is C26H22ClFN6O. The Morgan fingerprint density at radius 1 is 1.00 bits per heavy atom. The smallest absolute Gasteiger partial charge is 0.250 e. The average Bonchev–Trinajstić information content (AvgIpc) is 3.30. The molecule has 1 saturated heterocycles.